The van der Waals surface area contributed by atoms with Gasteiger partial charge in [0.05, 0.1) is 24.7 Å². The normalized spacial score (nSPS) is 11.1. The van der Waals surface area contributed by atoms with Gasteiger partial charge in [-0.15, -0.1) is 0 Å². The lowest BCUT2D eigenvalue weighted by Gasteiger charge is -2.11. The summed E-state index contributed by atoms with van der Waals surface area (Å²) in [4.78, 5) is 3.76. The van der Waals surface area contributed by atoms with Crippen molar-refractivity contribution in [3.05, 3.63) is 41.7 Å². The number of hydrogen-bond donors (Lipinski definition) is 2. The topological polar surface area (TPSA) is 94.3 Å². The van der Waals surface area contributed by atoms with Crippen molar-refractivity contribution in [2.24, 2.45) is 0 Å². The molecule has 2 aromatic rings. The van der Waals surface area contributed by atoms with Crippen molar-refractivity contribution in [1.29, 1.82) is 0 Å². The second-order valence-electron chi connectivity index (χ2n) is 3.88. The van der Waals surface area contributed by atoms with Crippen LogP contribution in [0.5, 0.6) is 5.75 Å². The summed E-state index contributed by atoms with van der Waals surface area (Å²) in [6, 6.07) is 7.32. The van der Waals surface area contributed by atoms with E-state index >= 15 is 0 Å². The average Bonchev–Trinajstić information content (AvgIpc) is 2.40. The summed E-state index contributed by atoms with van der Waals surface area (Å²) in [5, 5.41) is 0.275. The van der Waals surface area contributed by atoms with Crippen LogP contribution in [0.25, 0.3) is 0 Å². The molecule has 8 heteroatoms. The molecule has 3 N–H and O–H groups in total. The molecule has 106 valence electrons. The number of methoxy groups -OCH3 is 1. The number of benzene rings is 1. The van der Waals surface area contributed by atoms with Crippen LogP contribution in [-0.4, -0.2) is 20.5 Å². The number of nitrogens with zero attached hydrogens (tertiary/aromatic N) is 1. The lowest BCUT2D eigenvalue weighted by Crippen LogP contribution is -2.15. The lowest BCUT2D eigenvalue weighted by molar-refractivity contribution is 0.414. The van der Waals surface area contributed by atoms with E-state index in [1.807, 2.05) is 0 Å². The summed E-state index contributed by atoms with van der Waals surface area (Å²) in [5.74, 6) is 0.481. The highest BCUT2D eigenvalue weighted by Gasteiger charge is 2.18. The van der Waals surface area contributed by atoms with Crippen molar-refractivity contribution in [1.82, 2.24) is 4.98 Å². The molecule has 0 fully saturated rings. The zero-order valence-electron chi connectivity index (χ0n) is 10.5. The maximum Gasteiger partial charge on any atom is 0.263 e. The highest BCUT2D eigenvalue weighted by atomic mass is 35.5. The standard InChI is InChI=1S/C12H12ClN3O3S/c1-19-9-3-4-11(10(14)6-9)20(17,18)16-8-2-5-12(13)15-7-8/h2-7,16H,14H2,1H3. The highest BCUT2D eigenvalue weighted by Crippen LogP contribution is 2.25. The minimum Gasteiger partial charge on any atom is -0.497 e. The van der Waals surface area contributed by atoms with Crippen molar-refractivity contribution in [3.63, 3.8) is 0 Å². The molecule has 1 heterocycles. The van der Waals surface area contributed by atoms with Crippen LogP contribution in [-0.2, 0) is 10.0 Å². The van der Waals surface area contributed by atoms with Crippen LogP contribution in [0.2, 0.25) is 5.15 Å². The maximum atomic E-state index is 12.2. The Labute approximate surface area is 121 Å². The fraction of sp³-hybridized carbons (Fsp3) is 0.0833. The van der Waals surface area contributed by atoms with E-state index in [9.17, 15) is 8.42 Å². The summed E-state index contributed by atoms with van der Waals surface area (Å²) in [6.07, 6.45) is 1.32. The molecule has 0 aliphatic carbocycles. The van der Waals surface area contributed by atoms with E-state index < -0.39 is 10.0 Å². The predicted molar refractivity (Wildman–Crippen MR) is 77.5 cm³/mol. The number of sulfonamides is 1. The third-order valence-electron chi connectivity index (χ3n) is 2.49. The van der Waals surface area contributed by atoms with Crippen molar-refractivity contribution < 1.29 is 13.2 Å². The largest absolute Gasteiger partial charge is 0.497 e. The van der Waals surface area contributed by atoms with Gasteiger partial charge in [-0.05, 0) is 24.3 Å². The lowest BCUT2D eigenvalue weighted by atomic mass is 10.3. The first kappa shape index (κ1) is 14.4. The van der Waals surface area contributed by atoms with Crippen LogP contribution < -0.4 is 15.2 Å². The Morgan fingerprint density at radius 1 is 1.30 bits per heavy atom. The first-order chi connectivity index (χ1) is 9.42. The number of nitrogens with one attached hydrogen (secondary N) is 1. The quantitative estimate of drug-likeness (QED) is 0.666. The van der Waals surface area contributed by atoms with Gasteiger partial charge in [0.25, 0.3) is 10.0 Å². The van der Waals surface area contributed by atoms with Crippen molar-refractivity contribution >= 4 is 33.0 Å². The van der Waals surface area contributed by atoms with Gasteiger partial charge >= 0.3 is 0 Å². The third kappa shape index (κ3) is 3.12. The first-order valence-electron chi connectivity index (χ1n) is 5.50. The molecular weight excluding hydrogens is 302 g/mol. The van der Waals surface area contributed by atoms with Crippen molar-refractivity contribution in [2.45, 2.75) is 4.90 Å². The number of rotatable bonds is 4. The Kier molecular flexibility index (Phi) is 4.01. The molecule has 0 spiro atoms. The summed E-state index contributed by atoms with van der Waals surface area (Å²) < 4.78 is 31.8. The third-order valence-corrected chi connectivity index (χ3v) is 4.16. The minimum atomic E-state index is -3.80. The summed E-state index contributed by atoms with van der Waals surface area (Å²) in [6.45, 7) is 0. The number of aromatic nitrogens is 1. The fourth-order valence-electron chi connectivity index (χ4n) is 1.54. The molecule has 1 aromatic heterocycles. The van der Waals surface area contributed by atoms with Gasteiger partial charge in [0.15, 0.2) is 0 Å². The molecule has 6 nitrogen and oxygen atoms in total. The van der Waals surface area contributed by atoms with Crippen LogP contribution in [0.3, 0.4) is 0 Å². The Morgan fingerprint density at radius 3 is 2.60 bits per heavy atom. The number of halogens is 1. The highest BCUT2D eigenvalue weighted by molar-refractivity contribution is 7.92. The van der Waals surface area contributed by atoms with Crippen LogP contribution in [0.1, 0.15) is 0 Å². The Morgan fingerprint density at radius 2 is 2.05 bits per heavy atom. The van der Waals surface area contributed by atoms with E-state index in [0.29, 0.717) is 11.4 Å². The number of hydrogen-bond acceptors (Lipinski definition) is 5. The van der Waals surface area contributed by atoms with Gasteiger partial charge in [-0.3, -0.25) is 4.72 Å². The average molecular weight is 314 g/mol. The minimum absolute atomic E-state index is 0.0340. The molecule has 0 saturated heterocycles. The maximum absolute atomic E-state index is 12.2. The molecule has 0 aliphatic rings. The number of anilines is 2. The molecule has 0 atom stereocenters. The summed E-state index contributed by atoms with van der Waals surface area (Å²) in [5.41, 5.74) is 6.12. The van der Waals surface area contributed by atoms with Gasteiger partial charge in [-0.1, -0.05) is 11.6 Å². The van der Waals surface area contributed by atoms with Gasteiger partial charge in [-0.25, -0.2) is 13.4 Å². The van der Waals surface area contributed by atoms with Crippen LogP contribution in [0.4, 0.5) is 11.4 Å². The zero-order valence-corrected chi connectivity index (χ0v) is 12.1. The van der Waals surface area contributed by atoms with E-state index in [-0.39, 0.29) is 15.7 Å². The Balaban J connectivity index is 2.33. The van der Waals surface area contributed by atoms with Gasteiger partial charge in [0.1, 0.15) is 15.8 Å². The van der Waals surface area contributed by atoms with Gasteiger partial charge < -0.3 is 10.5 Å². The first-order valence-corrected chi connectivity index (χ1v) is 7.36. The Hall–Kier alpha value is -1.99. The van der Waals surface area contributed by atoms with Crippen molar-refractivity contribution in [2.75, 3.05) is 17.6 Å². The zero-order chi connectivity index (χ0) is 14.8. The monoisotopic (exact) mass is 313 g/mol. The molecule has 0 radical (unpaired) electrons. The second-order valence-corrected chi connectivity index (χ2v) is 5.92. The van der Waals surface area contributed by atoms with E-state index in [4.69, 9.17) is 22.1 Å². The van der Waals surface area contributed by atoms with E-state index in [2.05, 4.69) is 9.71 Å². The SMILES string of the molecule is COc1ccc(S(=O)(=O)Nc2ccc(Cl)nc2)c(N)c1. The number of nitrogens with two attached hydrogens (primary N) is 1. The molecule has 0 saturated carbocycles. The van der Waals surface area contributed by atoms with E-state index in [1.165, 1.54) is 43.6 Å². The van der Waals surface area contributed by atoms with E-state index in [1.54, 1.807) is 0 Å². The van der Waals surface area contributed by atoms with Gasteiger partial charge in [0.2, 0.25) is 0 Å². The predicted octanol–water partition coefficient (Wildman–Crippen LogP) is 2.13. The smallest absolute Gasteiger partial charge is 0.263 e. The van der Waals surface area contributed by atoms with Crippen molar-refractivity contribution in [3.8, 4) is 5.75 Å². The molecule has 0 unspecified atom stereocenters. The van der Waals surface area contributed by atoms with E-state index in [0.717, 1.165) is 0 Å². The molecule has 20 heavy (non-hydrogen) atoms. The molecule has 2 rings (SSSR count). The molecule has 1 aromatic carbocycles. The van der Waals surface area contributed by atoms with Gasteiger partial charge in [0, 0.05) is 6.07 Å². The number of nitrogen functional groups attached to an aromatic ring is 1. The van der Waals surface area contributed by atoms with Gasteiger partial charge in [-0.2, -0.15) is 0 Å². The summed E-state index contributed by atoms with van der Waals surface area (Å²) in [7, 11) is -2.32. The fourth-order valence-corrected chi connectivity index (χ4v) is 2.81. The molecule has 0 aliphatic heterocycles. The van der Waals surface area contributed by atoms with Crippen LogP contribution >= 0.6 is 11.6 Å². The number of pyridine rings is 1. The molecule has 0 amide bonds. The van der Waals surface area contributed by atoms with Crippen LogP contribution in [0.15, 0.2) is 41.4 Å². The molecular formula is C12H12ClN3O3S. The summed E-state index contributed by atoms with van der Waals surface area (Å²) >= 11 is 5.64. The van der Waals surface area contributed by atoms with Crippen LogP contribution in [0, 0.1) is 0 Å². The Bertz CT molecular complexity index is 717. The molecule has 0 bridgehead atoms. The second kappa shape index (κ2) is 5.56. The number of ether oxygens (including phenoxy) is 1.